The van der Waals surface area contributed by atoms with Crippen LogP contribution in [0.25, 0.3) is 6.08 Å². The van der Waals surface area contributed by atoms with Gasteiger partial charge in [0.15, 0.2) is 0 Å². The summed E-state index contributed by atoms with van der Waals surface area (Å²) in [4.78, 5) is 13.1. The number of amides is 1. The van der Waals surface area contributed by atoms with Gasteiger partial charge in [-0.1, -0.05) is 34.1 Å². The van der Waals surface area contributed by atoms with Gasteiger partial charge in [-0.3, -0.25) is 4.79 Å². The van der Waals surface area contributed by atoms with E-state index in [1.54, 1.807) is 4.90 Å². The van der Waals surface area contributed by atoms with Crippen molar-refractivity contribution in [1.29, 1.82) is 0 Å². The first-order valence-electron chi connectivity index (χ1n) is 4.99. The Labute approximate surface area is 97.7 Å². The Morgan fingerprint density at radius 2 is 2.13 bits per heavy atom. The fourth-order valence-electron chi connectivity index (χ4n) is 1.61. The van der Waals surface area contributed by atoms with Crippen molar-refractivity contribution in [2.75, 3.05) is 6.54 Å². The van der Waals surface area contributed by atoms with Gasteiger partial charge in [0, 0.05) is 23.6 Å². The molecule has 15 heavy (non-hydrogen) atoms. The van der Waals surface area contributed by atoms with E-state index >= 15 is 0 Å². The third kappa shape index (κ3) is 2.48. The SMILES string of the molecule is O=C1CCCN1/C=C\c1ccccc1Br. The monoisotopic (exact) mass is 265 g/mol. The van der Waals surface area contributed by atoms with Crippen LogP contribution < -0.4 is 0 Å². The summed E-state index contributed by atoms with van der Waals surface area (Å²) in [7, 11) is 0. The van der Waals surface area contributed by atoms with E-state index in [0.717, 1.165) is 23.0 Å². The molecule has 1 aromatic rings. The second-order valence-electron chi connectivity index (χ2n) is 3.53. The lowest BCUT2D eigenvalue weighted by molar-refractivity contribution is -0.125. The summed E-state index contributed by atoms with van der Waals surface area (Å²) >= 11 is 3.47. The van der Waals surface area contributed by atoms with Gasteiger partial charge < -0.3 is 4.90 Å². The maximum Gasteiger partial charge on any atom is 0.226 e. The van der Waals surface area contributed by atoms with E-state index < -0.39 is 0 Å². The fourth-order valence-corrected chi connectivity index (χ4v) is 2.02. The van der Waals surface area contributed by atoms with Crippen LogP contribution in [-0.2, 0) is 4.79 Å². The molecule has 0 radical (unpaired) electrons. The summed E-state index contributed by atoms with van der Waals surface area (Å²) < 4.78 is 1.05. The van der Waals surface area contributed by atoms with Gasteiger partial charge in [-0.2, -0.15) is 0 Å². The molecule has 0 aromatic heterocycles. The van der Waals surface area contributed by atoms with Crippen molar-refractivity contribution in [2.45, 2.75) is 12.8 Å². The van der Waals surface area contributed by atoms with Crippen LogP contribution in [-0.4, -0.2) is 17.4 Å². The number of hydrogen-bond donors (Lipinski definition) is 0. The summed E-state index contributed by atoms with van der Waals surface area (Å²) in [6, 6.07) is 7.96. The second-order valence-corrected chi connectivity index (χ2v) is 4.38. The number of likely N-dealkylation sites (tertiary alicyclic amines) is 1. The zero-order chi connectivity index (χ0) is 10.7. The number of carbonyl (C=O) groups excluding carboxylic acids is 1. The lowest BCUT2D eigenvalue weighted by Crippen LogP contribution is -2.16. The predicted molar refractivity (Wildman–Crippen MR) is 64.1 cm³/mol. The third-order valence-corrected chi connectivity index (χ3v) is 3.17. The maximum absolute atomic E-state index is 11.3. The summed E-state index contributed by atoms with van der Waals surface area (Å²) in [6.45, 7) is 0.847. The maximum atomic E-state index is 11.3. The molecule has 0 bridgehead atoms. The van der Waals surface area contributed by atoms with E-state index in [9.17, 15) is 4.79 Å². The van der Waals surface area contributed by atoms with Crippen molar-refractivity contribution in [2.24, 2.45) is 0 Å². The normalized spacial score (nSPS) is 16.6. The highest BCUT2D eigenvalue weighted by molar-refractivity contribution is 9.10. The van der Waals surface area contributed by atoms with E-state index in [4.69, 9.17) is 0 Å². The summed E-state index contributed by atoms with van der Waals surface area (Å²) in [5, 5.41) is 0. The molecule has 0 atom stereocenters. The van der Waals surface area contributed by atoms with Gasteiger partial charge >= 0.3 is 0 Å². The van der Waals surface area contributed by atoms with Crippen LogP contribution in [0.1, 0.15) is 18.4 Å². The predicted octanol–water partition coefficient (Wildman–Crippen LogP) is 3.04. The zero-order valence-electron chi connectivity index (χ0n) is 8.32. The van der Waals surface area contributed by atoms with Gasteiger partial charge in [-0.25, -0.2) is 0 Å². The molecule has 0 saturated carbocycles. The van der Waals surface area contributed by atoms with Gasteiger partial charge in [-0.05, 0) is 24.1 Å². The number of hydrogen-bond acceptors (Lipinski definition) is 1. The molecule has 1 aliphatic heterocycles. The minimum atomic E-state index is 0.221. The van der Waals surface area contributed by atoms with Crippen molar-refractivity contribution in [1.82, 2.24) is 4.90 Å². The lowest BCUT2D eigenvalue weighted by atomic mass is 10.2. The summed E-state index contributed by atoms with van der Waals surface area (Å²) in [5.41, 5.74) is 1.09. The van der Waals surface area contributed by atoms with Gasteiger partial charge in [-0.15, -0.1) is 0 Å². The van der Waals surface area contributed by atoms with Gasteiger partial charge in [0.05, 0.1) is 0 Å². The molecule has 2 rings (SSSR count). The third-order valence-electron chi connectivity index (χ3n) is 2.45. The quantitative estimate of drug-likeness (QED) is 0.805. The van der Waals surface area contributed by atoms with E-state index in [1.807, 2.05) is 36.5 Å². The van der Waals surface area contributed by atoms with Crippen LogP contribution in [0, 0.1) is 0 Å². The molecule has 1 saturated heterocycles. The first kappa shape index (κ1) is 10.4. The second kappa shape index (κ2) is 4.62. The standard InChI is InChI=1S/C12H12BrNO/c13-11-5-2-1-4-10(11)7-9-14-8-3-6-12(14)15/h1-2,4-5,7,9H,3,6,8H2/b9-7-. The Hall–Kier alpha value is -1.09. The Bertz CT molecular complexity index is 400. The molecule has 3 heteroatoms. The average Bonchev–Trinajstić information content (AvgIpc) is 2.63. The largest absolute Gasteiger partial charge is 0.319 e. The molecule has 2 nitrogen and oxygen atoms in total. The van der Waals surface area contributed by atoms with Crippen LogP contribution in [0.5, 0.6) is 0 Å². The minimum Gasteiger partial charge on any atom is -0.319 e. The average molecular weight is 266 g/mol. The number of rotatable bonds is 2. The molecule has 1 amide bonds. The number of carbonyl (C=O) groups is 1. The molecule has 0 spiro atoms. The summed E-state index contributed by atoms with van der Waals surface area (Å²) in [5.74, 6) is 0.221. The van der Waals surface area contributed by atoms with E-state index in [2.05, 4.69) is 15.9 Å². The number of halogens is 1. The molecular weight excluding hydrogens is 254 g/mol. The Kier molecular flexibility index (Phi) is 3.21. The minimum absolute atomic E-state index is 0.221. The molecule has 1 heterocycles. The molecule has 0 N–H and O–H groups in total. The highest BCUT2D eigenvalue weighted by atomic mass is 79.9. The molecule has 1 aromatic carbocycles. The zero-order valence-corrected chi connectivity index (χ0v) is 9.90. The highest BCUT2D eigenvalue weighted by Crippen LogP contribution is 2.18. The van der Waals surface area contributed by atoms with Crippen molar-refractivity contribution >= 4 is 27.9 Å². The van der Waals surface area contributed by atoms with Crippen LogP contribution in [0.15, 0.2) is 34.9 Å². The first-order chi connectivity index (χ1) is 7.27. The molecular formula is C12H12BrNO. The number of nitrogens with zero attached hydrogens (tertiary/aromatic N) is 1. The van der Waals surface area contributed by atoms with E-state index in [1.165, 1.54) is 0 Å². The molecule has 0 unspecified atom stereocenters. The molecule has 1 aliphatic rings. The smallest absolute Gasteiger partial charge is 0.226 e. The fraction of sp³-hybridized carbons (Fsp3) is 0.250. The molecule has 0 aliphatic carbocycles. The first-order valence-corrected chi connectivity index (χ1v) is 5.79. The topological polar surface area (TPSA) is 20.3 Å². The Balaban J connectivity index is 2.11. The number of benzene rings is 1. The Morgan fingerprint density at radius 1 is 1.33 bits per heavy atom. The van der Waals surface area contributed by atoms with Crippen molar-refractivity contribution in [3.63, 3.8) is 0 Å². The Morgan fingerprint density at radius 3 is 2.80 bits per heavy atom. The van der Waals surface area contributed by atoms with Crippen LogP contribution in [0.2, 0.25) is 0 Å². The van der Waals surface area contributed by atoms with Gasteiger partial charge in [0.1, 0.15) is 0 Å². The van der Waals surface area contributed by atoms with Crippen molar-refractivity contribution in [3.05, 3.63) is 40.5 Å². The van der Waals surface area contributed by atoms with Crippen LogP contribution in [0.4, 0.5) is 0 Å². The lowest BCUT2D eigenvalue weighted by Gasteiger charge is -2.08. The highest BCUT2D eigenvalue weighted by Gasteiger charge is 2.17. The van der Waals surface area contributed by atoms with Crippen LogP contribution in [0.3, 0.4) is 0 Å². The van der Waals surface area contributed by atoms with Gasteiger partial charge in [0.25, 0.3) is 0 Å². The van der Waals surface area contributed by atoms with E-state index in [0.29, 0.717) is 6.42 Å². The van der Waals surface area contributed by atoms with Gasteiger partial charge in [0.2, 0.25) is 5.91 Å². The van der Waals surface area contributed by atoms with E-state index in [-0.39, 0.29) is 5.91 Å². The van der Waals surface area contributed by atoms with Crippen LogP contribution >= 0.6 is 15.9 Å². The van der Waals surface area contributed by atoms with Crippen molar-refractivity contribution in [3.8, 4) is 0 Å². The molecule has 78 valence electrons. The summed E-state index contributed by atoms with van der Waals surface area (Å²) in [6.07, 6.45) is 5.49. The van der Waals surface area contributed by atoms with Crippen molar-refractivity contribution < 1.29 is 4.79 Å². The molecule has 1 fully saturated rings.